The second-order valence-electron chi connectivity index (χ2n) is 6.88. The van der Waals surface area contributed by atoms with E-state index >= 15 is 0 Å². The van der Waals surface area contributed by atoms with Gasteiger partial charge in [-0.05, 0) is 56.9 Å². The number of hydrogen-bond donors (Lipinski definition) is 2. The SMILES string of the molecule is CCNC(=NCC(C)Oc1ccc(Cl)cc1)N1CCC(CC(=O)NC)CC1. The molecule has 1 aromatic rings. The minimum atomic E-state index is -0.0365. The molecule has 1 atom stereocenters. The second-order valence-corrected chi connectivity index (χ2v) is 7.32. The van der Waals surface area contributed by atoms with Crippen LogP contribution in [0.5, 0.6) is 5.75 Å². The fourth-order valence-corrected chi connectivity index (χ4v) is 3.26. The van der Waals surface area contributed by atoms with Crippen molar-refractivity contribution in [2.75, 3.05) is 33.2 Å². The molecule has 27 heavy (non-hydrogen) atoms. The molecule has 0 saturated carbocycles. The number of rotatable bonds is 7. The third kappa shape index (κ3) is 7.29. The van der Waals surface area contributed by atoms with Gasteiger partial charge in [0.2, 0.25) is 5.91 Å². The smallest absolute Gasteiger partial charge is 0.220 e. The van der Waals surface area contributed by atoms with Crippen LogP contribution in [-0.4, -0.2) is 56.1 Å². The standard InChI is InChI=1S/C20H31ClN4O2/c1-4-23-20(25-11-9-16(10-12-25)13-19(26)22-3)24-14-15(2)27-18-7-5-17(21)6-8-18/h5-8,15-16H,4,9-14H2,1-3H3,(H,22,26)(H,23,24). The molecule has 1 amide bonds. The van der Waals surface area contributed by atoms with Crippen LogP contribution >= 0.6 is 11.6 Å². The zero-order valence-electron chi connectivity index (χ0n) is 16.5. The first-order valence-electron chi connectivity index (χ1n) is 9.67. The van der Waals surface area contributed by atoms with Gasteiger partial charge in [-0.2, -0.15) is 0 Å². The zero-order valence-corrected chi connectivity index (χ0v) is 17.3. The Kier molecular flexibility index (Phi) is 8.72. The molecule has 150 valence electrons. The average Bonchev–Trinajstić information content (AvgIpc) is 2.67. The number of guanidine groups is 1. The van der Waals surface area contributed by atoms with E-state index in [1.807, 2.05) is 31.2 Å². The highest BCUT2D eigenvalue weighted by Gasteiger charge is 2.23. The summed E-state index contributed by atoms with van der Waals surface area (Å²) in [6.45, 7) is 7.31. The lowest BCUT2D eigenvalue weighted by atomic mass is 9.93. The molecule has 2 rings (SSSR count). The predicted octanol–water partition coefficient (Wildman–Crippen LogP) is 2.92. The number of carbonyl (C=O) groups excluding carboxylic acids is 1. The van der Waals surface area contributed by atoms with E-state index in [0.29, 0.717) is 23.9 Å². The predicted molar refractivity (Wildman–Crippen MR) is 111 cm³/mol. The minimum Gasteiger partial charge on any atom is -0.489 e. The van der Waals surface area contributed by atoms with E-state index < -0.39 is 0 Å². The lowest BCUT2D eigenvalue weighted by Crippen LogP contribution is -2.46. The van der Waals surface area contributed by atoms with Gasteiger partial charge in [0.15, 0.2) is 5.96 Å². The number of likely N-dealkylation sites (tertiary alicyclic amines) is 1. The Hall–Kier alpha value is -1.95. The number of ether oxygens (including phenoxy) is 1. The lowest BCUT2D eigenvalue weighted by molar-refractivity contribution is -0.121. The van der Waals surface area contributed by atoms with Gasteiger partial charge in [0.25, 0.3) is 0 Å². The van der Waals surface area contributed by atoms with Gasteiger partial charge in [0.05, 0.1) is 6.54 Å². The number of nitrogens with one attached hydrogen (secondary N) is 2. The van der Waals surface area contributed by atoms with E-state index in [1.165, 1.54) is 0 Å². The summed E-state index contributed by atoms with van der Waals surface area (Å²) in [5.74, 6) is 2.29. The van der Waals surface area contributed by atoms with Gasteiger partial charge in [-0.15, -0.1) is 0 Å². The van der Waals surface area contributed by atoms with E-state index in [0.717, 1.165) is 44.2 Å². The third-order valence-corrected chi connectivity index (χ3v) is 4.90. The largest absolute Gasteiger partial charge is 0.489 e. The Labute approximate surface area is 167 Å². The number of amides is 1. The van der Waals surface area contributed by atoms with Crippen molar-refractivity contribution in [3.63, 3.8) is 0 Å². The van der Waals surface area contributed by atoms with Crippen molar-refractivity contribution in [3.05, 3.63) is 29.3 Å². The Morgan fingerprint density at radius 1 is 1.33 bits per heavy atom. The lowest BCUT2D eigenvalue weighted by Gasteiger charge is -2.34. The first-order chi connectivity index (χ1) is 13.0. The number of benzene rings is 1. The molecule has 2 N–H and O–H groups in total. The molecule has 1 fully saturated rings. The molecule has 0 radical (unpaired) electrons. The molecular weight excluding hydrogens is 364 g/mol. The summed E-state index contributed by atoms with van der Waals surface area (Å²) >= 11 is 5.90. The number of carbonyl (C=O) groups is 1. The van der Waals surface area contributed by atoms with Crippen LogP contribution in [-0.2, 0) is 4.79 Å². The summed E-state index contributed by atoms with van der Waals surface area (Å²) in [6, 6.07) is 7.37. The maximum absolute atomic E-state index is 11.6. The number of piperidine rings is 1. The molecular formula is C20H31ClN4O2. The van der Waals surface area contributed by atoms with Crippen molar-refractivity contribution in [2.24, 2.45) is 10.9 Å². The van der Waals surface area contributed by atoms with E-state index in [9.17, 15) is 4.79 Å². The number of aliphatic imine (C=N–C) groups is 1. The van der Waals surface area contributed by atoms with Crippen LogP contribution < -0.4 is 15.4 Å². The first kappa shape index (κ1) is 21.4. The Balaban J connectivity index is 1.86. The fourth-order valence-electron chi connectivity index (χ4n) is 3.14. The Bertz CT molecular complexity index is 613. The van der Waals surface area contributed by atoms with Crippen LogP contribution in [0.4, 0.5) is 0 Å². The maximum atomic E-state index is 11.6. The Morgan fingerprint density at radius 2 is 2.00 bits per heavy atom. The van der Waals surface area contributed by atoms with Gasteiger partial charge < -0.3 is 20.3 Å². The van der Waals surface area contributed by atoms with E-state index in [-0.39, 0.29) is 12.0 Å². The highest BCUT2D eigenvalue weighted by atomic mass is 35.5. The normalized spacial score (nSPS) is 16.7. The molecule has 1 heterocycles. The van der Waals surface area contributed by atoms with Gasteiger partial charge in [-0.25, -0.2) is 4.99 Å². The molecule has 0 aliphatic carbocycles. The number of hydrogen-bond acceptors (Lipinski definition) is 3. The van der Waals surface area contributed by atoms with Gasteiger partial charge in [0.1, 0.15) is 11.9 Å². The highest BCUT2D eigenvalue weighted by Crippen LogP contribution is 2.21. The monoisotopic (exact) mass is 394 g/mol. The summed E-state index contributed by atoms with van der Waals surface area (Å²) in [7, 11) is 1.70. The molecule has 6 nitrogen and oxygen atoms in total. The topological polar surface area (TPSA) is 66.0 Å². The average molecular weight is 395 g/mol. The molecule has 1 aliphatic rings. The first-order valence-corrected chi connectivity index (χ1v) is 10.1. The molecule has 1 saturated heterocycles. The van der Waals surface area contributed by atoms with Crippen molar-refractivity contribution in [1.82, 2.24) is 15.5 Å². The number of nitrogens with zero attached hydrogens (tertiary/aromatic N) is 2. The van der Waals surface area contributed by atoms with Gasteiger partial charge in [0, 0.05) is 38.1 Å². The fraction of sp³-hybridized carbons (Fsp3) is 0.600. The minimum absolute atomic E-state index is 0.0365. The third-order valence-electron chi connectivity index (χ3n) is 4.65. The maximum Gasteiger partial charge on any atom is 0.220 e. The van der Waals surface area contributed by atoms with Gasteiger partial charge >= 0.3 is 0 Å². The van der Waals surface area contributed by atoms with Crippen molar-refractivity contribution in [1.29, 1.82) is 0 Å². The molecule has 1 aromatic carbocycles. The summed E-state index contributed by atoms with van der Waals surface area (Å²) in [5, 5.41) is 6.78. The van der Waals surface area contributed by atoms with E-state index in [4.69, 9.17) is 21.3 Å². The van der Waals surface area contributed by atoms with Crippen molar-refractivity contribution < 1.29 is 9.53 Å². The van der Waals surface area contributed by atoms with Crippen LogP contribution in [0.2, 0.25) is 5.02 Å². The Morgan fingerprint density at radius 3 is 2.59 bits per heavy atom. The summed E-state index contributed by atoms with van der Waals surface area (Å²) < 4.78 is 5.90. The van der Waals surface area contributed by atoms with Crippen LogP contribution in [0.15, 0.2) is 29.3 Å². The van der Waals surface area contributed by atoms with Gasteiger partial charge in [-0.3, -0.25) is 4.79 Å². The van der Waals surface area contributed by atoms with Crippen LogP contribution in [0, 0.1) is 5.92 Å². The van der Waals surface area contributed by atoms with Crippen molar-refractivity contribution in [3.8, 4) is 5.75 Å². The van der Waals surface area contributed by atoms with Crippen LogP contribution in [0.25, 0.3) is 0 Å². The quantitative estimate of drug-likeness (QED) is 0.551. The van der Waals surface area contributed by atoms with Crippen molar-refractivity contribution >= 4 is 23.5 Å². The summed E-state index contributed by atoms with van der Waals surface area (Å²) in [6.07, 6.45) is 2.60. The van der Waals surface area contributed by atoms with Crippen molar-refractivity contribution in [2.45, 2.75) is 39.2 Å². The second kappa shape index (κ2) is 11.0. The summed E-state index contributed by atoms with van der Waals surface area (Å²) in [5.41, 5.74) is 0. The summed E-state index contributed by atoms with van der Waals surface area (Å²) in [4.78, 5) is 18.6. The molecule has 1 aliphatic heterocycles. The molecule has 7 heteroatoms. The van der Waals surface area contributed by atoms with Gasteiger partial charge in [-0.1, -0.05) is 11.6 Å². The zero-order chi connectivity index (χ0) is 19.6. The highest BCUT2D eigenvalue weighted by molar-refractivity contribution is 6.30. The van der Waals surface area contributed by atoms with Crippen LogP contribution in [0.3, 0.4) is 0 Å². The van der Waals surface area contributed by atoms with E-state index in [2.05, 4.69) is 22.5 Å². The van der Waals surface area contributed by atoms with E-state index in [1.54, 1.807) is 7.05 Å². The molecule has 0 aromatic heterocycles. The molecule has 1 unspecified atom stereocenters. The van der Waals surface area contributed by atoms with Crippen LogP contribution in [0.1, 0.15) is 33.1 Å². The molecule has 0 bridgehead atoms. The molecule has 0 spiro atoms. The number of halogens is 1.